The number of sulfonamides is 1. The summed E-state index contributed by atoms with van der Waals surface area (Å²) in [5.41, 5.74) is 6.87. The third kappa shape index (κ3) is 3.01. The number of hydrogen-bond donors (Lipinski definition) is 2. The van der Waals surface area contributed by atoms with Crippen molar-refractivity contribution in [2.45, 2.75) is 24.3 Å². The van der Waals surface area contributed by atoms with Gasteiger partial charge in [0.25, 0.3) is 0 Å². The molecular weight excluding hydrogens is 336 g/mol. The summed E-state index contributed by atoms with van der Waals surface area (Å²) in [6.07, 6.45) is 0.884. The van der Waals surface area contributed by atoms with E-state index in [1.54, 1.807) is 24.8 Å². The van der Waals surface area contributed by atoms with Crippen LogP contribution < -0.4 is 10.5 Å². The molecule has 1 aliphatic heterocycles. The number of halogens is 1. The molecule has 1 unspecified atom stereocenters. The molecule has 0 amide bonds. The monoisotopic (exact) mass is 350 g/mol. The van der Waals surface area contributed by atoms with Gasteiger partial charge in [-0.3, -0.25) is 0 Å². The number of nitrogens with one attached hydrogen (secondary N) is 1. The highest BCUT2D eigenvalue weighted by atomic mass is 79.9. The molecule has 18 heavy (non-hydrogen) atoms. The minimum absolute atomic E-state index is 0.0317. The van der Waals surface area contributed by atoms with Crippen LogP contribution in [0.1, 0.15) is 12.0 Å². The zero-order chi connectivity index (χ0) is 13.3. The summed E-state index contributed by atoms with van der Waals surface area (Å²) in [6.45, 7) is 1.77. The van der Waals surface area contributed by atoms with Crippen molar-refractivity contribution in [2.75, 3.05) is 17.2 Å². The quantitative estimate of drug-likeness (QED) is 0.819. The van der Waals surface area contributed by atoms with Gasteiger partial charge in [0, 0.05) is 22.0 Å². The van der Waals surface area contributed by atoms with Gasteiger partial charge in [-0.25, -0.2) is 13.1 Å². The van der Waals surface area contributed by atoms with Crippen LogP contribution in [0.25, 0.3) is 0 Å². The summed E-state index contributed by atoms with van der Waals surface area (Å²) in [5.74, 6) is 1.85. The molecule has 1 aliphatic rings. The molecule has 0 aliphatic carbocycles. The predicted molar refractivity (Wildman–Crippen MR) is 79.3 cm³/mol. The Labute approximate surface area is 120 Å². The number of rotatable bonds is 3. The lowest BCUT2D eigenvalue weighted by Gasteiger charge is -2.14. The fourth-order valence-corrected chi connectivity index (χ4v) is 5.12. The molecule has 4 nitrogen and oxygen atoms in total. The molecular formula is C11H15BrN2O2S2. The minimum atomic E-state index is -3.48. The number of thioether (sulfide) groups is 1. The highest BCUT2D eigenvalue weighted by Crippen LogP contribution is 2.27. The molecule has 2 rings (SSSR count). The second kappa shape index (κ2) is 5.40. The number of hydrogen-bond acceptors (Lipinski definition) is 4. The van der Waals surface area contributed by atoms with E-state index >= 15 is 0 Å². The Hall–Kier alpha value is -0.240. The van der Waals surface area contributed by atoms with E-state index in [0.29, 0.717) is 11.3 Å². The van der Waals surface area contributed by atoms with Gasteiger partial charge in [0.2, 0.25) is 10.0 Å². The molecule has 7 heteroatoms. The van der Waals surface area contributed by atoms with Crippen LogP contribution in [0.5, 0.6) is 0 Å². The molecule has 1 atom stereocenters. The molecule has 1 fully saturated rings. The largest absolute Gasteiger partial charge is 0.398 e. The van der Waals surface area contributed by atoms with E-state index in [1.807, 2.05) is 0 Å². The van der Waals surface area contributed by atoms with Crippen molar-refractivity contribution < 1.29 is 8.42 Å². The van der Waals surface area contributed by atoms with Crippen LogP contribution >= 0.6 is 27.7 Å². The lowest BCUT2D eigenvalue weighted by Crippen LogP contribution is -2.35. The maximum absolute atomic E-state index is 12.3. The van der Waals surface area contributed by atoms with E-state index in [0.717, 1.165) is 22.4 Å². The second-order valence-electron chi connectivity index (χ2n) is 4.32. The van der Waals surface area contributed by atoms with Crippen LogP contribution in [-0.4, -0.2) is 26.0 Å². The van der Waals surface area contributed by atoms with Crippen molar-refractivity contribution >= 4 is 43.4 Å². The van der Waals surface area contributed by atoms with Crippen molar-refractivity contribution in [3.05, 3.63) is 22.2 Å². The van der Waals surface area contributed by atoms with Crippen LogP contribution in [0.4, 0.5) is 5.69 Å². The fourth-order valence-electron chi connectivity index (χ4n) is 1.87. The summed E-state index contributed by atoms with van der Waals surface area (Å²) in [6, 6.07) is 3.27. The summed E-state index contributed by atoms with van der Waals surface area (Å²) in [7, 11) is -3.48. The third-order valence-corrected chi connectivity index (χ3v) is 6.35. The highest BCUT2D eigenvalue weighted by Gasteiger charge is 2.24. The molecule has 1 aromatic rings. The van der Waals surface area contributed by atoms with Crippen molar-refractivity contribution in [3.63, 3.8) is 0 Å². The first-order chi connectivity index (χ1) is 8.40. The van der Waals surface area contributed by atoms with E-state index in [1.165, 1.54) is 6.07 Å². The molecule has 0 spiro atoms. The predicted octanol–water partition coefficient (Wildman–Crippen LogP) is 2.12. The van der Waals surface area contributed by atoms with Gasteiger partial charge in [0.05, 0.1) is 4.90 Å². The minimum Gasteiger partial charge on any atom is -0.398 e. The molecule has 1 saturated heterocycles. The Morgan fingerprint density at radius 1 is 1.50 bits per heavy atom. The van der Waals surface area contributed by atoms with Gasteiger partial charge >= 0.3 is 0 Å². The first kappa shape index (κ1) is 14.2. The summed E-state index contributed by atoms with van der Waals surface area (Å²) in [4.78, 5) is 0.264. The van der Waals surface area contributed by atoms with Crippen LogP contribution in [0.15, 0.2) is 21.5 Å². The van der Waals surface area contributed by atoms with Gasteiger partial charge in [0.15, 0.2) is 0 Å². The van der Waals surface area contributed by atoms with Crippen molar-refractivity contribution in [1.29, 1.82) is 0 Å². The topological polar surface area (TPSA) is 72.2 Å². The average Bonchev–Trinajstić information content (AvgIpc) is 2.75. The number of benzene rings is 1. The molecule has 1 aromatic carbocycles. The molecule has 100 valence electrons. The Morgan fingerprint density at radius 3 is 2.83 bits per heavy atom. The first-order valence-corrected chi connectivity index (χ1v) is 8.99. The highest BCUT2D eigenvalue weighted by molar-refractivity contribution is 9.10. The molecule has 0 saturated carbocycles. The zero-order valence-electron chi connectivity index (χ0n) is 9.94. The van der Waals surface area contributed by atoms with Gasteiger partial charge < -0.3 is 5.73 Å². The van der Waals surface area contributed by atoms with Gasteiger partial charge in [-0.05, 0) is 52.7 Å². The standard InChI is InChI=1S/C11H15BrN2O2S2/c1-7-4-9(12)10(13)5-11(7)18(15,16)14-8-2-3-17-6-8/h4-5,8,14H,2-3,6,13H2,1H3. The van der Waals surface area contributed by atoms with E-state index in [4.69, 9.17) is 5.73 Å². The molecule has 0 radical (unpaired) electrons. The van der Waals surface area contributed by atoms with Gasteiger partial charge in [0.1, 0.15) is 0 Å². The lowest BCUT2D eigenvalue weighted by molar-refractivity contribution is 0.562. The summed E-state index contributed by atoms with van der Waals surface area (Å²) >= 11 is 5.06. The zero-order valence-corrected chi connectivity index (χ0v) is 13.2. The number of anilines is 1. The Balaban J connectivity index is 2.31. The molecule has 0 aromatic heterocycles. The number of aryl methyl sites for hydroxylation is 1. The molecule has 3 N–H and O–H groups in total. The fraction of sp³-hybridized carbons (Fsp3) is 0.455. The van der Waals surface area contributed by atoms with E-state index in [9.17, 15) is 8.42 Å². The third-order valence-electron chi connectivity index (χ3n) is 2.84. The van der Waals surface area contributed by atoms with Crippen LogP contribution in [0.2, 0.25) is 0 Å². The van der Waals surface area contributed by atoms with Crippen LogP contribution in [-0.2, 0) is 10.0 Å². The Kier molecular flexibility index (Phi) is 4.25. The smallest absolute Gasteiger partial charge is 0.241 e. The number of nitrogens with two attached hydrogens (primary N) is 1. The SMILES string of the molecule is Cc1cc(Br)c(N)cc1S(=O)(=O)NC1CCSC1. The van der Waals surface area contributed by atoms with Crippen LogP contribution in [0.3, 0.4) is 0 Å². The Morgan fingerprint density at radius 2 is 2.22 bits per heavy atom. The summed E-state index contributed by atoms with van der Waals surface area (Å²) in [5, 5.41) is 0. The first-order valence-electron chi connectivity index (χ1n) is 5.56. The normalized spacial score (nSPS) is 20.2. The van der Waals surface area contributed by atoms with E-state index in [-0.39, 0.29) is 10.9 Å². The summed E-state index contributed by atoms with van der Waals surface area (Å²) < 4.78 is 28.0. The lowest BCUT2D eigenvalue weighted by atomic mass is 10.2. The average molecular weight is 351 g/mol. The van der Waals surface area contributed by atoms with E-state index in [2.05, 4.69) is 20.7 Å². The van der Waals surface area contributed by atoms with Crippen molar-refractivity contribution in [2.24, 2.45) is 0 Å². The Bertz CT molecular complexity index is 554. The van der Waals surface area contributed by atoms with E-state index < -0.39 is 10.0 Å². The van der Waals surface area contributed by atoms with Gasteiger partial charge in [-0.2, -0.15) is 11.8 Å². The van der Waals surface area contributed by atoms with Crippen molar-refractivity contribution in [1.82, 2.24) is 4.72 Å². The second-order valence-corrected chi connectivity index (χ2v) is 8.01. The van der Waals surface area contributed by atoms with Crippen LogP contribution in [0, 0.1) is 6.92 Å². The maximum atomic E-state index is 12.3. The van der Waals surface area contributed by atoms with Crippen molar-refractivity contribution in [3.8, 4) is 0 Å². The number of nitrogen functional groups attached to an aromatic ring is 1. The molecule has 1 heterocycles. The van der Waals surface area contributed by atoms with Gasteiger partial charge in [-0.15, -0.1) is 0 Å². The molecule has 0 bridgehead atoms. The maximum Gasteiger partial charge on any atom is 0.241 e. The van der Waals surface area contributed by atoms with Gasteiger partial charge in [-0.1, -0.05) is 0 Å².